The fourth-order valence-electron chi connectivity index (χ4n) is 1.74. The summed E-state index contributed by atoms with van der Waals surface area (Å²) in [5.41, 5.74) is 0.182. The quantitative estimate of drug-likeness (QED) is 0.671. The normalized spacial score (nSPS) is 11.1. The molecule has 2 amide bonds. The molecule has 0 aliphatic rings. The number of sulfonamides is 1. The van der Waals surface area contributed by atoms with Gasteiger partial charge in [0.2, 0.25) is 10.0 Å². The van der Waals surface area contributed by atoms with Gasteiger partial charge in [0.25, 0.3) is 0 Å². The van der Waals surface area contributed by atoms with Crippen LogP contribution in [0.5, 0.6) is 0 Å². The van der Waals surface area contributed by atoms with Crippen LogP contribution >= 0.6 is 0 Å². The molecule has 0 unspecified atom stereocenters. The first-order valence-electron chi connectivity index (χ1n) is 6.62. The van der Waals surface area contributed by atoms with E-state index in [2.05, 4.69) is 17.6 Å². The van der Waals surface area contributed by atoms with Crippen molar-refractivity contribution in [3.63, 3.8) is 0 Å². The van der Waals surface area contributed by atoms with E-state index in [1.165, 1.54) is 12.1 Å². The van der Waals surface area contributed by atoms with Crippen LogP contribution in [0.25, 0.3) is 0 Å². The van der Waals surface area contributed by atoms with Gasteiger partial charge in [-0.1, -0.05) is 38.3 Å². The molecule has 0 saturated carbocycles. The maximum absolute atomic E-state index is 11.7. The monoisotopic (exact) mass is 299 g/mol. The molecule has 1 rings (SSSR count). The number of unbranched alkanes of at least 4 members (excludes halogenated alkanes) is 3. The Balaban J connectivity index is 2.54. The van der Waals surface area contributed by atoms with E-state index in [0.717, 1.165) is 25.7 Å². The Morgan fingerprint density at radius 1 is 1.20 bits per heavy atom. The number of benzene rings is 1. The van der Waals surface area contributed by atoms with Gasteiger partial charge in [0.15, 0.2) is 0 Å². The number of nitrogens with one attached hydrogen (secondary N) is 2. The number of primary sulfonamides is 1. The number of nitrogens with two attached hydrogens (primary N) is 1. The van der Waals surface area contributed by atoms with Gasteiger partial charge in [0.05, 0.1) is 5.69 Å². The molecule has 0 bridgehead atoms. The zero-order chi connectivity index (χ0) is 15.0. The van der Waals surface area contributed by atoms with Crippen molar-refractivity contribution in [2.24, 2.45) is 5.14 Å². The van der Waals surface area contributed by atoms with E-state index >= 15 is 0 Å². The second-order valence-electron chi connectivity index (χ2n) is 4.48. The van der Waals surface area contributed by atoms with Crippen LogP contribution in [0.15, 0.2) is 29.2 Å². The number of para-hydroxylation sites is 1. The van der Waals surface area contributed by atoms with Crippen LogP contribution < -0.4 is 15.8 Å². The van der Waals surface area contributed by atoms with Crippen LogP contribution in [0, 0.1) is 0 Å². The zero-order valence-corrected chi connectivity index (χ0v) is 12.4. The lowest BCUT2D eigenvalue weighted by molar-refractivity contribution is 0.252. The standard InChI is InChI=1S/C13H21N3O3S/c1-2-3-4-7-10-15-13(17)16-11-8-5-6-9-12(11)20(14,18)19/h5-6,8-9H,2-4,7,10H2,1H3,(H2,14,18,19)(H2,15,16,17). The van der Waals surface area contributed by atoms with Gasteiger partial charge in [-0.15, -0.1) is 0 Å². The summed E-state index contributed by atoms with van der Waals surface area (Å²) in [6.45, 7) is 2.67. The number of carbonyl (C=O) groups excluding carboxylic acids is 1. The van der Waals surface area contributed by atoms with Crippen molar-refractivity contribution >= 4 is 21.7 Å². The summed E-state index contributed by atoms with van der Waals surface area (Å²) in [5.74, 6) is 0. The summed E-state index contributed by atoms with van der Waals surface area (Å²) in [6, 6.07) is 5.60. The van der Waals surface area contributed by atoms with E-state index in [1.807, 2.05) is 0 Å². The van der Waals surface area contributed by atoms with Gasteiger partial charge in [-0.2, -0.15) is 0 Å². The molecule has 112 valence electrons. The van der Waals surface area contributed by atoms with Gasteiger partial charge in [-0.05, 0) is 18.6 Å². The van der Waals surface area contributed by atoms with E-state index in [1.54, 1.807) is 12.1 Å². The molecule has 0 saturated heterocycles. The van der Waals surface area contributed by atoms with Crippen molar-refractivity contribution < 1.29 is 13.2 Å². The topological polar surface area (TPSA) is 101 Å². The van der Waals surface area contributed by atoms with E-state index in [4.69, 9.17) is 5.14 Å². The third-order valence-electron chi connectivity index (χ3n) is 2.76. The second kappa shape index (κ2) is 7.86. The zero-order valence-electron chi connectivity index (χ0n) is 11.6. The lowest BCUT2D eigenvalue weighted by Gasteiger charge is -2.10. The third-order valence-corrected chi connectivity index (χ3v) is 3.73. The van der Waals surface area contributed by atoms with Gasteiger partial charge in [0, 0.05) is 6.54 Å². The lowest BCUT2D eigenvalue weighted by Crippen LogP contribution is -2.30. The molecule has 0 atom stereocenters. The molecule has 7 heteroatoms. The fourth-order valence-corrected chi connectivity index (χ4v) is 2.43. The first kappa shape index (κ1) is 16.5. The third kappa shape index (κ3) is 5.58. The van der Waals surface area contributed by atoms with Crippen LogP contribution in [-0.2, 0) is 10.0 Å². The molecule has 4 N–H and O–H groups in total. The van der Waals surface area contributed by atoms with Crippen LogP contribution in [0.2, 0.25) is 0 Å². The molecule has 0 aliphatic carbocycles. The van der Waals surface area contributed by atoms with E-state index in [-0.39, 0.29) is 10.6 Å². The Kier molecular flexibility index (Phi) is 6.47. The number of rotatable bonds is 7. The number of carbonyl (C=O) groups is 1. The highest BCUT2D eigenvalue weighted by Crippen LogP contribution is 2.18. The highest BCUT2D eigenvalue weighted by molar-refractivity contribution is 7.89. The minimum atomic E-state index is -3.85. The summed E-state index contributed by atoms with van der Waals surface area (Å²) < 4.78 is 22.7. The summed E-state index contributed by atoms with van der Waals surface area (Å²) in [7, 11) is -3.85. The largest absolute Gasteiger partial charge is 0.338 e. The molecule has 0 heterocycles. The van der Waals surface area contributed by atoms with Crippen molar-refractivity contribution in [2.75, 3.05) is 11.9 Å². The average Bonchev–Trinajstić information content (AvgIpc) is 2.38. The summed E-state index contributed by atoms with van der Waals surface area (Å²) in [4.78, 5) is 11.6. The maximum atomic E-state index is 11.7. The summed E-state index contributed by atoms with van der Waals surface area (Å²) in [6.07, 6.45) is 4.23. The van der Waals surface area contributed by atoms with Gasteiger partial charge < -0.3 is 10.6 Å². The van der Waals surface area contributed by atoms with Gasteiger partial charge in [-0.3, -0.25) is 0 Å². The molecule has 20 heavy (non-hydrogen) atoms. The minimum Gasteiger partial charge on any atom is -0.338 e. The number of hydrogen-bond donors (Lipinski definition) is 3. The van der Waals surface area contributed by atoms with Crippen molar-refractivity contribution in [1.29, 1.82) is 0 Å². The molecule has 0 aliphatic heterocycles. The lowest BCUT2D eigenvalue weighted by atomic mass is 10.2. The first-order valence-corrected chi connectivity index (χ1v) is 8.16. The molecule has 6 nitrogen and oxygen atoms in total. The number of amides is 2. The highest BCUT2D eigenvalue weighted by Gasteiger charge is 2.14. The molecule has 0 fully saturated rings. The Labute approximate surface area is 119 Å². The maximum Gasteiger partial charge on any atom is 0.319 e. The van der Waals surface area contributed by atoms with Crippen LogP contribution in [0.4, 0.5) is 10.5 Å². The molecule has 0 aromatic heterocycles. The van der Waals surface area contributed by atoms with E-state index in [0.29, 0.717) is 6.54 Å². The second-order valence-corrected chi connectivity index (χ2v) is 6.01. The summed E-state index contributed by atoms with van der Waals surface area (Å²) >= 11 is 0. The molecule has 0 spiro atoms. The Morgan fingerprint density at radius 2 is 1.90 bits per heavy atom. The summed E-state index contributed by atoms with van der Waals surface area (Å²) in [5, 5.41) is 10.3. The Hall–Kier alpha value is -1.60. The van der Waals surface area contributed by atoms with Crippen molar-refractivity contribution in [2.45, 2.75) is 37.5 Å². The van der Waals surface area contributed by atoms with Crippen LogP contribution in [0.3, 0.4) is 0 Å². The first-order chi connectivity index (χ1) is 9.45. The van der Waals surface area contributed by atoms with Crippen molar-refractivity contribution in [1.82, 2.24) is 5.32 Å². The molecule has 1 aromatic rings. The SMILES string of the molecule is CCCCCCNC(=O)Nc1ccccc1S(N)(=O)=O. The van der Waals surface area contributed by atoms with Crippen LogP contribution in [-0.4, -0.2) is 21.0 Å². The molecule has 0 radical (unpaired) electrons. The number of urea groups is 1. The minimum absolute atomic E-state index is 0.0962. The van der Waals surface area contributed by atoms with Crippen molar-refractivity contribution in [3.05, 3.63) is 24.3 Å². The predicted molar refractivity (Wildman–Crippen MR) is 79.0 cm³/mol. The number of hydrogen-bond acceptors (Lipinski definition) is 3. The Bertz CT molecular complexity index is 544. The number of anilines is 1. The van der Waals surface area contributed by atoms with E-state index in [9.17, 15) is 13.2 Å². The van der Waals surface area contributed by atoms with Crippen LogP contribution in [0.1, 0.15) is 32.6 Å². The molecular formula is C13H21N3O3S. The smallest absolute Gasteiger partial charge is 0.319 e. The highest BCUT2D eigenvalue weighted by atomic mass is 32.2. The predicted octanol–water partition coefficient (Wildman–Crippen LogP) is 2.04. The Morgan fingerprint density at radius 3 is 2.55 bits per heavy atom. The van der Waals surface area contributed by atoms with Crippen molar-refractivity contribution in [3.8, 4) is 0 Å². The van der Waals surface area contributed by atoms with Gasteiger partial charge >= 0.3 is 6.03 Å². The molecular weight excluding hydrogens is 278 g/mol. The van der Waals surface area contributed by atoms with Gasteiger partial charge in [-0.25, -0.2) is 18.4 Å². The van der Waals surface area contributed by atoms with E-state index < -0.39 is 16.1 Å². The fraction of sp³-hybridized carbons (Fsp3) is 0.462. The van der Waals surface area contributed by atoms with Gasteiger partial charge in [0.1, 0.15) is 4.90 Å². The molecule has 1 aromatic carbocycles. The average molecular weight is 299 g/mol.